The second-order valence-corrected chi connectivity index (χ2v) is 6.06. The largest absolute Gasteiger partial charge is 0.466 e. The number of Topliss-reactive ketones (excluding diaryl/α,β-unsaturated/α-hetero) is 1. The summed E-state index contributed by atoms with van der Waals surface area (Å²) in [7, 11) is 0. The van der Waals surface area contributed by atoms with Gasteiger partial charge < -0.3 is 9.84 Å². The van der Waals surface area contributed by atoms with Crippen molar-refractivity contribution in [3.8, 4) is 0 Å². The number of esters is 1. The average molecular weight is 332 g/mol. The van der Waals surface area contributed by atoms with E-state index < -0.39 is 52.0 Å². The molecule has 0 aromatic heterocycles. The zero-order valence-corrected chi connectivity index (χ0v) is 13.3. The number of carbonyl (C=O) groups excluding carboxylic acids is 2. The average Bonchev–Trinajstić information content (AvgIpc) is 2.46. The number of ether oxygens (including phenoxy) is 1. The lowest BCUT2D eigenvalue weighted by atomic mass is 9.53. The SMILES string of the molecule is CCOC(=O)[C@H]1[C@H]2C(=O)[C@](O)(CCl)[C@H](C(C)=C2C)[C@@H]1[N+](=O)[O-]. The Bertz CT molecular complexity index is 574. The van der Waals surface area contributed by atoms with E-state index in [1.54, 1.807) is 20.8 Å². The molecule has 5 atom stereocenters. The molecule has 22 heavy (non-hydrogen) atoms. The third-order valence-corrected chi connectivity index (χ3v) is 5.26. The molecule has 0 amide bonds. The Kier molecular flexibility index (Phi) is 4.32. The van der Waals surface area contributed by atoms with Gasteiger partial charge in [-0.25, -0.2) is 0 Å². The number of ketones is 1. The second kappa shape index (κ2) is 5.62. The highest BCUT2D eigenvalue weighted by Gasteiger charge is 2.69. The molecule has 3 aliphatic carbocycles. The first-order valence-corrected chi connectivity index (χ1v) is 7.55. The molecule has 0 aromatic carbocycles. The number of nitrogens with zero attached hydrogens (tertiary/aromatic N) is 1. The van der Waals surface area contributed by atoms with Crippen molar-refractivity contribution in [2.24, 2.45) is 17.8 Å². The Labute approximate surface area is 132 Å². The van der Waals surface area contributed by atoms with Gasteiger partial charge in [-0.3, -0.25) is 19.7 Å². The molecule has 1 saturated carbocycles. The Hall–Kier alpha value is -1.47. The lowest BCUT2D eigenvalue weighted by molar-refractivity contribution is -0.545. The van der Waals surface area contributed by atoms with E-state index in [1.165, 1.54) is 0 Å². The molecule has 0 unspecified atom stereocenters. The fraction of sp³-hybridized carbons (Fsp3) is 0.714. The van der Waals surface area contributed by atoms with Crippen LogP contribution in [0.3, 0.4) is 0 Å². The van der Waals surface area contributed by atoms with Crippen LogP contribution in [0.15, 0.2) is 11.1 Å². The summed E-state index contributed by atoms with van der Waals surface area (Å²) in [5, 5.41) is 22.1. The number of fused-ring (bicyclic) bond motifs is 2. The minimum absolute atomic E-state index is 0.0624. The number of allylic oxidation sites excluding steroid dienone is 1. The number of rotatable bonds is 4. The molecule has 0 spiro atoms. The molecule has 3 rings (SSSR count). The minimum Gasteiger partial charge on any atom is -0.466 e. The molecule has 122 valence electrons. The van der Waals surface area contributed by atoms with Crippen molar-refractivity contribution in [3.05, 3.63) is 21.3 Å². The Morgan fingerprint density at radius 2 is 2.05 bits per heavy atom. The number of carbonyl (C=O) groups is 2. The third kappa shape index (κ3) is 2.06. The molecular formula is C14H18ClNO6. The van der Waals surface area contributed by atoms with Crippen LogP contribution >= 0.6 is 11.6 Å². The zero-order valence-electron chi connectivity index (χ0n) is 12.5. The number of halogens is 1. The summed E-state index contributed by atoms with van der Waals surface area (Å²) in [6.45, 7) is 4.94. The molecule has 1 fully saturated rings. The van der Waals surface area contributed by atoms with E-state index in [0.717, 1.165) is 0 Å². The lowest BCUT2D eigenvalue weighted by Gasteiger charge is -2.50. The molecule has 0 aliphatic heterocycles. The van der Waals surface area contributed by atoms with Crippen molar-refractivity contribution in [1.29, 1.82) is 0 Å². The summed E-state index contributed by atoms with van der Waals surface area (Å²) in [4.78, 5) is 35.7. The number of alkyl halides is 1. The molecule has 0 radical (unpaired) electrons. The predicted molar refractivity (Wildman–Crippen MR) is 76.9 cm³/mol. The van der Waals surface area contributed by atoms with Crippen LogP contribution in [0.2, 0.25) is 0 Å². The Morgan fingerprint density at radius 1 is 1.45 bits per heavy atom. The summed E-state index contributed by atoms with van der Waals surface area (Å²) < 4.78 is 4.92. The number of aliphatic hydroxyl groups is 1. The van der Waals surface area contributed by atoms with Gasteiger partial charge >= 0.3 is 5.97 Å². The molecule has 3 aliphatic rings. The molecule has 2 bridgehead atoms. The molecular weight excluding hydrogens is 314 g/mol. The van der Waals surface area contributed by atoms with Crippen molar-refractivity contribution in [3.63, 3.8) is 0 Å². The van der Waals surface area contributed by atoms with Gasteiger partial charge in [-0.05, 0) is 20.8 Å². The van der Waals surface area contributed by atoms with Crippen LogP contribution in [0.1, 0.15) is 20.8 Å². The molecule has 0 aromatic rings. The normalized spacial score (nSPS) is 37.4. The molecule has 1 N–H and O–H groups in total. The summed E-state index contributed by atoms with van der Waals surface area (Å²) in [5.74, 6) is -5.27. The number of hydrogen-bond donors (Lipinski definition) is 1. The third-order valence-electron chi connectivity index (χ3n) is 4.85. The molecule has 8 heteroatoms. The first kappa shape index (κ1) is 16.9. The highest BCUT2D eigenvalue weighted by atomic mass is 35.5. The molecule has 0 saturated heterocycles. The molecule has 0 heterocycles. The Balaban J connectivity index is 2.64. The van der Waals surface area contributed by atoms with Crippen molar-refractivity contribution in [1.82, 2.24) is 0 Å². The monoisotopic (exact) mass is 331 g/mol. The van der Waals surface area contributed by atoms with Crippen LogP contribution in [-0.4, -0.2) is 45.9 Å². The standard InChI is InChI=1S/C14H18ClNO6/c1-4-22-13(18)9-8-6(2)7(3)10(11(9)16(20)21)14(19,5-15)12(8)17/h8-11,19H,4-5H2,1-3H3/t8-,9-,10+,11+,14-/m0/s1. The summed E-state index contributed by atoms with van der Waals surface area (Å²) in [5.41, 5.74) is -0.882. The topological polar surface area (TPSA) is 107 Å². The van der Waals surface area contributed by atoms with Crippen LogP contribution in [0.5, 0.6) is 0 Å². The van der Waals surface area contributed by atoms with Gasteiger partial charge in [0.05, 0.1) is 24.3 Å². The highest BCUT2D eigenvalue weighted by Crippen LogP contribution is 2.52. The van der Waals surface area contributed by atoms with E-state index in [2.05, 4.69) is 0 Å². The zero-order chi connectivity index (χ0) is 16.8. The minimum atomic E-state index is -2.02. The Morgan fingerprint density at radius 3 is 2.50 bits per heavy atom. The maximum Gasteiger partial charge on any atom is 0.317 e. The fourth-order valence-corrected chi connectivity index (χ4v) is 4.06. The van der Waals surface area contributed by atoms with Crippen LogP contribution in [-0.2, 0) is 14.3 Å². The van der Waals surface area contributed by atoms with Crippen LogP contribution in [0.25, 0.3) is 0 Å². The van der Waals surface area contributed by atoms with Gasteiger partial charge in [-0.1, -0.05) is 11.1 Å². The van der Waals surface area contributed by atoms with Crippen molar-refractivity contribution in [2.45, 2.75) is 32.4 Å². The highest BCUT2D eigenvalue weighted by molar-refractivity contribution is 6.21. The van der Waals surface area contributed by atoms with Gasteiger partial charge in [0.25, 0.3) is 0 Å². The summed E-state index contributed by atoms with van der Waals surface area (Å²) in [6, 6.07) is -1.42. The van der Waals surface area contributed by atoms with Gasteiger partial charge in [0.1, 0.15) is 11.5 Å². The van der Waals surface area contributed by atoms with E-state index >= 15 is 0 Å². The van der Waals surface area contributed by atoms with Crippen molar-refractivity contribution < 1.29 is 24.4 Å². The van der Waals surface area contributed by atoms with Crippen LogP contribution in [0.4, 0.5) is 0 Å². The van der Waals surface area contributed by atoms with Gasteiger partial charge in [0, 0.05) is 4.92 Å². The maximum atomic E-state index is 12.6. The van der Waals surface area contributed by atoms with Gasteiger partial charge in [-0.15, -0.1) is 11.6 Å². The van der Waals surface area contributed by atoms with E-state index in [1.807, 2.05) is 0 Å². The molecule has 7 nitrogen and oxygen atoms in total. The summed E-state index contributed by atoms with van der Waals surface area (Å²) in [6.07, 6.45) is 0. The van der Waals surface area contributed by atoms with Gasteiger partial charge in [-0.2, -0.15) is 0 Å². The van der Waals surface area contributed by atoms with Crippen LogP contribution in [0, 0.1) is 27.9 Å². The van der Waals surface area contributed by atoms with Crippen molar-refractivity contribution >= 4 is 23.4 Å². The fourth-order valence-electron chi connectivity index (χ4n) is 3.76. The van der Waals surface area contributed by atoms with E-state index in [0.29, 0.717) is 11.1 Å². The second-order valence-electron chi connectivity index (χ2n) is 5.80. The van der Waals surface area contributed by atoms with Gasteiger partial charge in [0.15, 0.2) is 5.78 Å². The smallest absolute Gasteiger partial charge is 0.317 e. The van der Waals surface area contributed by atoms with Crippen LogP contribution < -0.4 is 0 Å². The maximum absolute atomic E-state index is 12.6. The quantitative estimate of drug-likeness (QED) is 0.270. The number of nitro groups is 1. The van der Waals surface area contributed by atoms with E-state index in [4.69, 9.17) is 16.3 Å². The van der Waals surface area contributed by atoms with E-state index in [-0.39, 0.29) is 6.61 Å². The predicted octanol–water partition coefficient (Wildman–Crippen LogP) is 0.946. The van der Waals surface area contributed by atoms with Crippen molar-refractivity contribution in [2.75, 3.05) is 12.5 Å². The first-order valence-electron chi connectivity index (χ1n) is 7.02. The van der Waals surface area contributed by atoms with Gasteiger partial charge in [0.2, 0.25) is 6.04 Å². The lowest BCUT2D eigenvalue weighted by Crippen LogP contribution is -2.69. The summed E-state index contributed by atoms with van der Waals surface area (Å²) >= 11 is 5.75. The number of hydrogen-bond acceptors (Lipinski definition) is 6. The van der Waals surface area contributed by atoms with E-state index in [9.17, 15) is 24.8 Å². The first-order chi connectivity index (χ1) is 10.2.